The average molecular weight is 301 g/mol. The number of thioether (sulfide) groups is 1. The van der Waals surface area contributed by atoms with Gasteiger partial charge in [-0.05, 0) is 6.42 Å². The minimum Gasteiger partial charge on any atom is -0.140 e. The molecule has 1 aliphatic carbocycles. The summed E-state index contributed by atoms with van der Waals surface area (Å²) in [5, 5.41) is 0.816. The van der Waals surface area contributed by atoms with Crippen LogP contribution in [0.4, 0.5) is 0 Å². The van der Waals surface area contributed by atoms with Crippen LogP contribution in [0.2, 0.25) is 0 Å². The molecule has 0 bridgehead atoms. The molecule has 0 nitrogen and oxygen atoms in total. The van der Waals surface area contributed by atoms with Crippen LogP contribution in [-0.4, -0.2) is 39.6 Å². The molecule has 2 rings (SSSR count). The molecule has 0 saturated carbocycles. The van der Waals surface area contributed by atoms with Gasteiger partial charge in [0.1, 0.15) is 0 Å². The third kappa shape index (κ3) is 6.30. The van der Waals surface area contributed by atoms with Crippen molar-refractivity contribution < 1.29 is 0 Å². The van der Waals surface area contributed by atoms with Crippen molar-refractivity contribution in [2.45, 2.75) is 87.5 Å². The van der Waals surface area contributed by atoms with Gasteiger partial charge in [-0.2, -0.15) is 0 Å². The summed E-state index contributed by atoms with van der Waals surface area (Å²) in [4.78, 5) is 0. The third-order valence-corrected chi connectivity index (χ3v) is 6.08. The van der Waals surface area contributed by atoms with E-state index in [1.807, 2.05) is 0 Å². The fourth-order valence-electron chi connectivity index (χ4n) is 3.10. The molecule has 2 unspecified atom stereocenters. The topological polar surface area (TPSA) is 0 Å². The Labute approximate surface area is 152 Å². The van der Waals surface area contributed by atoms with Crippen molar-refractivity contribution in [1.29, 1.82) is 0 Å². The molecule has 1 heterocycles. The number of rotatable bonds is 11. The number of allylic oxidation sites excluding steroid dienone is 2. The zero-order valence-electron chi connectivity index (χ0n) is 13.6. The monoisotopic (exact) mass is 301 g/mol. The first kappa shape index (κ1) is 18.9. The zero-order valence-corrected chi connectivity index (χ0v) is 16.4. The summed E-state index contributed by atoms with van der Waals surface area (Å²) in [5.41, 5.74) is 0. The van der Waals surface area contributed by atoms with Crippen LogP contribution in [0.5, 0.6) is 0 Å². The van der Waals surface area contributed by atoms with Crippen LogP contribution >= 0.6 is 11.8 Å². The first-order valence-corrected chi connectivity index (χ1v) is 9.29. The fourth-order valence-corrected chi connectivity index (χ4v) is 4.36. The fraction of sp³-hybridized carbons (Fsp3) is 0.778. The molecule has 2 heteroatoms. The van der Waals surface area contributed by atoms with Gasteiger partial charge in [0.2, 0.25) is 0 Å². The Morgan fingerprint density at radius 3 is 2.05 bits per heavy atom. The number of fused-ring (bicyclic) bond motifs is 1. The third-order valence-electron chi connectivity index (χ3n) is 4.47. The van der Waals surface area contributed by atoms with Crippen molar-refractivity contribution in [3.05, 3.63) is 24.3 Å². The van der Waals surface area contributed by atoms with Crippen molar-refractivity contribution in [3.63, 3.8) is 0 Å². The van der Waals surface area contributed by atoms with E-state index in [0.717, 1.165) is 5.25 Å². The Kier molecular flexibility index (Phi) is 9.95. The largest absolute Gasteiger partial charge is 0.140 e. The van der Waals surface area contributed by atoms with Gasteiger partial charge in [0.05, 0.1) is 4.75 Å². The van der Waals surface area contributed by atoms with Crippen LogP contribution in [0.25, 0.3) is 0 Å². The molecule has 20 heavy (non-hydrogen) atoms. The summed E-state index contributed by atoms with van der Waals surface area (Å²) in [6.45, 7) is 2.29. The molecule has 1 radical (unpaired) electrons. The van der Waals surface area contributed by atoms with Gasteiger partial charge in [-0.3, -0.25) is 0 Å². The van der Waals surface area contributed by atoms with Crippen LogP contribution < -0.4 is 0 Å². The molecule has 2 atom stereocenters. The molecule has 0 amide bonds. The van der Waals surface area contributed by atoms with Gasteiger partial charge in [-0.1, -0.05) is 95.4 Å². The molecule has 0 aromatic carbocycles. The van der Waals surface area contributed by atoms with Gasteiger partial charge >= 0.3 is 0 Å². The van der Waals surface area contributed by atoms with E-state index < -0.39 is 0 Å². The Bertz CT molecular complexity index is 311. The van der Waals surface area contributed by atoms with Crippen molar-refractivity contribution in [2.75, 3.05) is 0 Å². The SMILES string of the molecule is CCCCCCCCCCCCC12C=CC=CC1S2.[Na]. The van der Waals surface area contributed by atoms with Gasteiger partial charge in [0, 0.05) is 34.8 Å². The number of unbranched alkanes of at least 4 members (excludes halogenated alkanes) is 9. The van der Waals surface area contributed by atoms with E-state index in [2.05, 4.69) is 43.0 Å². The molecule has 2 aliphatic rings. The molecular formula is C18H30NaS. The van der Waals surface area contributed by atoms with Gasteiger partial charge in [0.15, 0.2) is 0 Å². The summed E-state index contributed by atoms with van der Waals surface area (Å²) >= 11 is 2.15. The van der Waals surface area contributed by atoms with E-state index in [9.17, 15) is 0 Å². The van der Waals surface area contributed by atoms with Gasteiger partial charge < -0.3 is 0 Å². The van der Waals surface area contributed by atoms with Crippen molar-refractivity contribution >= 4 is 41.3 Å². The van der Waals surface area contributed by atoms with Crippen LogP contribution in [0.1, 0.15) is 77.6 Å². The van der Waals surface area contributed by atoms with E-state index in [0.29, 0.717) is 4.75 Å². The number of hydrogen-bond donors (Lipinski definition) is 0. The average Bonchev–Trinajstić information content (AvgIpc) is 3.15. The summed E-state index contributed by atoms with van der Waals surface area (Å²) < 4.78 is 0.537. The summed E-state index contributed by atoms with van der Waals surface area (Å²) in [7, 11) is 0. The second-order valence-electron chi connectivity index (χ2n) is 6.17. The van der Waals surface area contributed by atoms with Crippen molar-refractivity contribution in [1.82, 2.24) is 0 Å². The molecule has 1 aliphatic heterocycles. The van der Waals surface area contributed by atoms with Crippen LogP contribution in [0.15, 0.2) is 24.3 Å². The second kappa shape index (κ2) is 10.5. The maximum absolute atomic E-state index is 2.44. The number of hydrogen-bond acceptors (Lipinski definition) is 1. The maximum Gasteiger partial charge on any atom is 0.0502 e. The van der Waals surface area contributed by atoms with Crippen molar-refractivity contribution in [3.8, 4) is 0 Å². The first-order chi connectivity index (χ1) is 9.37. The minimum absolute atomic E-state index is 0. The Morgan fingerprint density at radius 2 is 1.45 bits per heavy atom. The Morgan fingerprint density at radius 1 is 0.850 bits per heavy atom. The van der Waals surface area contributed by atoms with Crippen molar-refractivity contribution in [2.24, 2.45) is 0 Å². The molecule has 1 fully saturated rings. The predicted octanol–water partition coefficient (Wildman–Crippen LogP) is 5.90. The quantitative estimate of drug-likeness (QED) is 0.260. The Balaban J connectivity index is 0.00000200. The maximum atomic E-state index is 2.44. The van der Waals surface area contributed by atoms with Gasteiger partial charge in [-0.15, -0.1) is 11.8 Å². The Hall–Kier alpha value is 0.830. The molecule has 0 aromatic heterocycles. The summed E-state index contributed by atoms with van der Waals surface area (Å²) in [6, 6.07) is 0. The van der Waals surface area contributed by atoms with E-state index in [4.69, 9.17) is 0 Å². The van der Waals surface area contributed by atoms with Crippen LogP contribution in [0.3, 0.4) is 0 Å². The van der Waals surface area contributed by atoms with E-state index >= 15 is 0 Å². The molecule has 109 valence electrons. The smallest absolute Gasteiger partial charge is 0.0502 e. The normalized spacial score (nSPS) is 26.1. The molecule has 0 spiro atoms. The summed E-state index contributed by atoms with van der Waals surface area (Å²) in [5.74, 6) is 0. The molecule has 0 N–H and O–H groups in total. The van der Waals surface area contributed by atoms with Gasteiger partial charge in [0.25, 0.3) is 0 Å². The van der Waals surface area contributed by atoms with Gasteiger partial charge in [-0.25, -0.2) is 0 Å². The van der Waals surface area contributed by atoms with Crippen LogP contribution in [-0.2, 0) is 0 Å². The van der Waals surface area contributed by atoms with Crippen LogP contribution in [0, 0.1) is 0 Å². The standard InChI is InChI=1S/C18H30S.Na/c1-2-3-4-5-6-7-8-9-10-12-15-18-16-13-11-14-17(18)19-18;/h11,13-14,16-17H,2-10,12,15H2,1H3;. The summed E-state index contributed by atoms with van der Waals surface area (Å²) in [6.07, 6.45) is 25.1. The molecular weight excluding hydrogens is 271 g/mol. The second-order valence-corrected chi connectivity index (χ2v) is 7.67. The first-order valence-electron chi connectivity index (χ1n) is 8.41. The van der Waals surface area contributed by atoms with E-state index in [1.54, 1.807) is 0 Å². The van der Waals surface area contributed by atoms with E-state index in [-0.39, 0.29) is 29.6 Å². The minimum atomic E-state index is 0. The van der Waals surface area contributed by atoms with E-state index in [1.165, 1.54) is 70.6 Å². The predicted molar refractivity (Wildman–Crippen MR) is 94.6 cm³/mol. The zero-order chi connectivity index (χ0) is 13.4. The molecule has 1 saturated heterocycles. The molecule has 0 aromatic rings.